The Morgan fingerprint density at radius 3 is 2.04 bits per heavy atom. The predicted molar refractivity (Wildman–Crippen MR) is 121 cm³/mol. The van der Waals surface area contributed by atoms with Crippen molar-refractivity contribution >= 4 is 30.2 Å². The van der Waals surface area contributed by atoms with Crippen LogP contribution in [0.5, 0.6) is 0 Å². The van der Waals surface area contributed by atoms with Gasteiger partial charge in [0.25, 0.3) is 0 Å². The zero-order valence-corrected chi connectivity index (χ0v) is 22.2. The normalized spacial score (nSPS) is 22.5. The van der Waals surface area contributed by atoms with E-state index in [0.29, 0.717) is 12.0 Å². The fourth-order valence-corrected chi connectivity index (χ4v) is 3.64. The molecule has 0 spiro atoms. The van der Waals surface area contributed by atoms with Crippen molar-refractivity contribution in [1.29, 1.82) is 0 Å². The van der Waals surface area contributed by atoms with Gasteiger partial charge in [-0.1, -0.05) is 89.0 Å². The summed E-state index contributed by atoms with van der Waals surface area (Å²) in [4.78, 5) is 0. The van der Waals surface area contributed by atoms with Crippen LogP contribution in [0, 0.1) is 11.8 Å². The van der Waals surface area contributed by atoms with Crippen LogP contribution in [-0.4, -0.2) is 18.0 Å². The molecule has 0 amide bonds. The molecule has 0 aromatic carbocycles. The van der Waals surface area contributed by atoms with Crippen LogP contribution in [0.1, 0.15) is 71.1 Å². The van der Waals surface area contributed by atoms with E-state index in [2.05, 4.69) is 44.3 Å². The molecule has 2 aliphatic rings. The third-order valence-electron chi connectivity index (χ3n) is 4.91. The Bertz CT molecular complexity index is 397. The molecule has 1 saturated carbocycles. The molecule has 0 radical (unpaired) electrons. The monoisotopic (exact) mass is 494 g/mol. The molecule has 3 unspecified atom stereocenters. The van der Waals surface area contributed by atoms with Crippen molar-refractivity contribution in [2.75, 3.05) is 6.54 Å². The standard InChI is InChI=1S/C19H32N.C2H6Si.2ClH.Zr/c1-2-3-4-5-6-7-8-11-16-20-19-15-14-17-12-9-10-13-18(17)19;1-3-2;;;/h9-10,12-13,17-19H,2-8,11,14-16H2,1H3;1-2H3;2*1H;/q-1;;;;. The van der Waals surface area contributed by atoms with Crippen LogP contribution < -0.4 is 0 Å². The number of halogens is 2. The molecule has 2 aliphatic carbocycles. The molecule has 26 heavy (non-hydrogen) atoms. The summed E-state index contributed by atoms with van der Waals surface area (Å²) in [5.74, 6) is 1.50. The van der Waals surface area contributed by atoms with Gasteiger partial charge in [0.1, 0.15) is 0 Å². The number of hydrogen-bond acceptors (Lipinski definition) is 0. The quantitative estimate of drug-likeness (QED) is 0.218. The van der Waals surface area contributed by atoms with Crippen molar-refractivity contribution in [3.8, 4) is 0 Å². The molecule has 0 N–H and O–H groups in total. The number of hydrogen-bond donors (Lipinski definition) is 0. The van der Waals surface area contributed by atoms with Crippen molar-refractivity contribution in [1.82, 2.24) is 0 Å². The predicted octanol–water partition coefficient (Wildman–Crippen LogP) is 7.65. The van der Waals surface area contributed by atoms with E-state index in [9.17, 15) is 0 Å². The largest absolute Gasteiger partial charge is 0.147 e. The zero-order valence-electron chi connectivity index (χ0n) is 17.1. The van der Waals surface area contributed by atoms with Crippen molar-refractivity contribution in [2.45, 2.75) is 90.3 Å². The Kier molecular flexibility index (Phi) is 21.9. The van der Waals surface area contributed by atoms with Crippen molar-refractivity contribution in [2.24, 2.45) is 11.8 Å². The summed E-state index contributed by atoms with van der Waals surface area (Å²) in [6.07, 6.45) is 23.0. The minimum atomic E-state index is 0. The summed E-state index contributed by atoms with van der Waals surface area (Å²) in [5.41, 5.74) is 0.210. The fraction of sp³-hybridized carbons (Fsp3) is 0.810. The van der Waals surface area contributed by atoms with Gasteiger partial charge in [0.05, 0.1) is 0 Å². The molecule has 1 fully saturated rings. The summed E-state index contributed by atoms with van der Waals surface area (Å²) in [5, 5.41) is 4.97. The van der Waals surface area contributed by atoms with Crippen molar-refractivity contribution in [3.63, 3.8) is 0 Å². The van der Waals surface area contributed by atoms with Gasteiger partial charge in [-0.15, -0.1) is 37.4 Å². The van der Waals surface area contributed by atoms with Crippen molar-refractivity contribution < 1.29 is 23.3 Å². The maximum absolute atomic E-state index is 4.97. The van der Waals surface area contributed by atoms with E-state index in [4.69, 9.17) is 5.32 Å². The molecule has 0 aromatic rings. The smallest absolute Gasteiger partial charge is 0.147 e. The van der Waals surface area contributed by atoms with Crippen LogP contribution in [-0.2, 0) is 23.3 Å². The number of rotatable bonds is 10. The number of nitrogens with zero attached hydrogens (tertiary/aromatic N) is 1. The first-order valence-electron chi connectivity index (χ1n) is 10.2. The second-order valence-corrected chi connectivity index (χ2v) is 16.9. The second-order valence-electron chi connectivity index (χ2n) is 7.54. The molecule has 152 valence electrons. The van der Waals surface area contributed by atoms with Gasteiger partial charge in [-0.05, 0) is 18.3 Å². The van der Waals surface area contributed by atoms with Crippen molar-refractivity contribution in [3.05, 3.63) is 29.6 Å². The summed E-state index contributed by atoms with van der Waals surface area (Å²) in [6, 6.07) is 0.616. The van der Waals surface area contributed by atoms with Crippen LogP contribution in [0.3, 0.4) is 0 Å². The van der Waals surface area contributed by atoms with E-state index in [0.717, 1.165) is 12.5 Å². The van der Waals surface area contributed by atoms with Gasteiger partial charge in [0.15, 0.2) is 0 Å². The second kappa shape index (κ2) is 19.4. The average molecular weight is 497 g/mol. The molecule has 0 saturated heterocycles. The minimum Gasteiger partial charge on any atom is -0.147 e. The summed E-state index contributed by atoms with van der Waals surface area (Å²) in [6.45, 7) is 8.00. The molecule has 2 rings (SSSR count). The molecule has 0 bridgehead atoms. The fourth-order valence-electron chi connectivity index (χ4n) is 3.64. The number of fused-ring (bicyclic) bond motifs is 1. The Morgan fingerprint density at radius 1 is 0.885 bits per heavy atom. The van der Waals surface area contributed by atoms with E-state index < -0.39 is 0 Å². The zero-order chi connectivity index (χ0) is 17.6. The third-order valence-corrected chi connectivity index (χ3v) is 4.91. The summed E-state index contributed by atoms with van der Waals surface area (Å²) < 4.78 is 0. The summed E-state index contributed by atoms with van der Waals surface area (Å²) >= 11 is 1.74. The number of allylic oxidation sites excluding steroid dienone is 3. The first kappa shape index (κ1) is 29.3. The Labute approximate surface area is 190 Å². The average Bonchev–Trinajstić information content (AvgIpc) is 2.96. The molecule has 3 atom stereocenters. The van der Waals surface area contributed by atoms with E-state index in [-0.39, 0.29) is 30.2 Å². The molecule has 1 nitrogen and oxygen atoms in total. The van der Waals surface area contributed by atoms with Crippen LogP contribution in [0.25, 0.3) is 5.32 Å². The van der Waals surface area contributed by atoms with E-state index in [1.807, 2.05) is 0 Å². The minimum absolute atomic E-state index is 0. The van der Waals surface area contributed by atoms with E-state index >= 15 is 0 Å². The molecule has 5 heteroatoms. The summed E-state index contributed by atoms with van der Waals surface area (Å²) in [7, 11) is 0. The van der Waals surface area contributed by atoms with Gasteiger partial charge in [-0.25, -0.2) is 0 Å². The topological polar surface area (TPSA) is 14.1 Å². The van der Waals surface area contributed by atoms with Gasteiger partial charge < -0.3 is 5.32 Å². The number of unbranched alkanes of at least 4 members (excludes halogenated alkanes) is 7. The van der Waals surface area contributed by atoms with Crippen LogP contribution in [0.2, 0.25) is 13.1 Å². The Hall–Kier alpha value is 1.12. The van der Waals surface area contributed by atoms with Gasteiger partial charge in [-0.3, -0.25) is 0 Å². The first-order valence-corrected chi connectivity index (χ1v) is 16.4. The van der Waals surface area contributed by atoms with Gasteiger partial charge >= 0.3 is 41.9 Å². The third kappa shape index (κ3) is 14.2. The van der Waals surface area contributed by atoms with Crippen LogP contribution >= 0.6 is 24.8 Å². The molecule has 0 heterocycles. The molecule has 0 aromatic heterocycles. The SMILES string of the molecule is CCCCCCCCCC[N-]C1CCC2C=CC=CC21.C[Si](C)=[Zr].Cl.Cl. The first-order chi connectivity index (χ1) is 11.6. The van der Waals surface area contributed by atoms with Gasteiger partial charge in [0, 0.05) is 0 Å². The van der Waals surface area contributed by atoms with Gasteiger partial charge in [-0.2, -0.15) is 0 Å². The van der Waals surface area contributed by atoms with E-state index in [1.54, 1.807) is 23.3 Å². The van der Waals surface area contributed by atoms with Crippen LogP contribution in [0.4, 0.5) is 0 Å². The van der Waals surface area contributed by atoms with Crippen LogP contribution in [0.15, 0.2) is 24.3 Å². The molecule has 0 aliphatic heterocycles. The molecular formula is C21H40Cl2NSiZr-. The molecular weight excluding hydrogens is 456 g/mol. The maximum atomic E-state index is 4.97. The van der Waals surface area contributed by atoms with E-state index in [1.165, 1.54) is 64.2 Å². The Morgan fingerprint density at radius 2 is 1.42 bits per heavy atom. The Balaban J connectivity index is 0. The van der Waals surface area contributed by atoms with Gasteiger partial charge in [0.2, 0.25) is 0 Å². The maximum Gasteiger partial charge on any atom is -0.147 e.